The number of nitrogens with two attached hydrogens (primary N) is 1. The summed E-state index contributed by atoms with van der Waals surface area (Å²) in [5.74, 6) is -0.791. The predicted molar refractivity (Wildman–Crippen MR) is 74.9 cm³/mol. The van der Waals surface area contributed by atoms with Crippen LogP contribution in [0.1, 0.15) is 11.1 Å². The molecule has 0 amide bonds. The maximum Gasteiger partial charge on any atom is 0.305 e. The van der Waals surface area contributed by atoms with Crippen LogP contribution in [0.25, 0.3) is 0 Å². The molecular weight excluding hydrogens is 259 g/mol. The Kier molecular flexibility index (Phi) is 4.42. The third-order valence-corrected chi connectivity index (χ3v) is 3.08. The fourth-order valence-electron chi connectivity index (χ4n) is 2.14. The van der Waals surface area contributed by atoms with Gasteiger partial charge in [0, 0.05) is 12.1 Å². The molecule has 0 aliphatic carbocycles. The molecule has 5 heteroatoms. The molecule has 0 spiro atoms. The van der Waals surface area contributed by atoms with E-state index in [0.29, 0.717) is 6.42 Å². The van der Waals surface area contributed by atoms with Crippen LogP contribution >= 0.6 is 0 Å². The van der Waals surface area contributed by atoms with Crippen LogP contribution in [0.4, 0.5) is 10.1 Å². The van der Waals surface area contributed by atoms with Gasteiger partial charge in [0.05, 0.1) is 4.92 Å². The van der Waals surface area contributed by atoms with Crippen LogP contribution in [0.5, 0.6) is 0 Å². The Bertz CT molecular complexity index is 602. The average molecular weight is 274 g/mol. The molecule has 2 N–H and O–H groups in total. The van der Waals surface area contributed by atoms with Crippen molar-refractivity contribution in [3.8, 4) is 0 Å². The van der Waals surface area contributed by atoms with E-state index in [2.05, 4.69) is 0 Å². The van der Waals surface area contributed by atoms with Crippen LogP contribution in [0.15, 0.2) is 48.5 Å². The van der Waals surface area contributed by atoms with Crippen molar-refractivity contribution in [3.05, 3.63) is 75.6 Å². The highest BCUT2D eigenvalue weighted by atomic mass is 19.1. The lowest BCUT2D eigenvalue weighted by Gasteiger charge is -2.12. The summed E-state index contributed by atoms with van der Waals surface area (Å²) < 4.78 is 13.9. The molecule has 0 heterocycles. The van der Waals surface area contributed by atoms with Crippen molar-refractivity contribution in [1.82, 2.24) is 0 Å². The quantitative estimate of drug-likeness (QED) is 0.673. The first-order valence-electron chi connectivity index (χ1n) is 6.29. The zero-order valence-corrected chi connectivity index (χ0v) is 10.8. The highest BCUT2D eigenvalue weighted by molar-refractivity contribution is 5.37. The molecule has 0 aliphatic heterocycles. The van der Waals surface area contributed by atoms with Gasteiger partial charge >= 0.3 is 5.69 Å². The number of rotatable bonds is 5. The van der Waals surface area contributed by atoms with Gasteiger partial charge in [-0.2, -0.15) is 4.39 Å². The molecule has 20 heavy (non-hydrogen) atoms. The molecule has 0 aromatic heterocycles. The zero-order chi connectivity index (χ0) is 14.5. The van der Waals surface area contributed by atoms with Crippen molar-refractivity contribution in [2.75, 3.05) is 0 Å². The van der Waals surface area contributed by atoms with Crippen molar-refractivity contribution < 1.29 is 9.31 Å². The van der Waals surface area contributed by atoms with E-state index in [1.54, 1.807) is 0 Å². The van der Waals surface area contributed by atoms with Crippen LogP contribution in [0.2, 0.25) is 0 Å². The third-order valence-electron chi connectivity index (χ3n) is 3.08. The van der Waals surface area contributed by atoms with Gasteiger partial charge in [0.15, 0.2) is 0 Å². The third kappa shape index (κ3) is 3.39. The molecule has 1 atom stereocenters. The predicted octanol–water partition coefficient (Wildman–Crippen LogP) is 2.85. The fourth-order valence-corrected chi connectivity index (χ4v) is 2.14. The van der Waals surface area contributed by atoms with E-state index in [-0.39, 0.29) is 18.0 Å². The first-order valence-corrected chi connectivity index (χ1v) is 6.29. The Morgan fingerprint density at radius 1 is 1.10 bits per heavy atom. The van der Waals surface area contributed by atoms with Crippen molar-refractivity contribution in [2.45, 2.75) is 18.9 Å². The number of nitrogens with zero attached hydrogens (tertiary/aromatic N) is 1. The molecule has 0 saturated heterocycles. The van der Waals surface area contributed by atoms with Gasteiger partial charge in [0.2, 0.25) is 5.82 Å². The largest absolute Gasteiger partial charge is 0.327 e. The first-order chi connectivity index (χ1) is 9.58. The van der Waals surface area contributed by atoms with E-state index < -0.39 is 16.4 Å². The fraction of sp³-hybridized carbons (Fsp3) is 0.200. The van der Waals surface area contributed by atoms with Gasteiger partial charge in [-0.1, -0.05) is 42.5 Å². The Morgan fingerprint density at radius 2 is 1.80 bits per heavy atom. The van der Waals surface area contributed by atoms with Crippen LogP contribution in [0, 0.1) is 15.9 Å². The van der Waals surface area contributed by atoms with Crippen molar-refractivity contribution in [1.29, 1.82) is 0 Å². The monoisotopic (exact) mass is 274 g/mol. The summed E-state index contributed by atoms with van der Waals surface area (Å²) in [5, 5.41) is 10.7. The molecule has 1 unspecified atom stereocenters. The Hall–Kier alpha value is -2.27. The average Bonchev–Trinajstić information content (AvgIpc) is 2.42. The molecular formula is C15H15FN2O2. The van der Waals surface area contributed by atoms with Gasteiger partial charge in [-0.15, -0.1) is 0 Å². The van der Waals surface area contributed by atoms with Crippen molar-refractivity contribution in [2.24, 2.45) is 5.73 Å². The lowest BCUT2D eigenvalue weighted by Crippen LogP contribution is -2.26. The zero-order valence-electron chi connectivity index (χ0n) is 10.8. The summed E-state index contributed by atoms with van der Waals surface area (Å²) >= 11 is 0. The Balaban J connectivity index is 2.10. The first kappa shape index (κ1) is 14.1. The second-order valence-electron chi connectivity index (χ2n) is 4.66. The smallest absolute Gasteiger partial charge is 0.305 e. The summed E-state index contributed by atoms with van der Waals surface area (Å²) in [5.41, 5.74) is 6.83. The molecule has 104 valence electrons. The highest BCUT2D eigenvalue weighted by Gasteiger charge is 2.18. The lowest BCUT2D eigenvalue weighted by atomic mass is 9.99. The second kappa shape index (κ2) is 6.25. The number of hydrogen-bond donors (Lipinski definition) is 1. The van der Waals surface area contributed by atoms with Crippen molar-refractivity contribution >= 4 is 5.69 Å². The van der Waals surface area contributed by atoms with E-state index in [1.807, 2.05) is 30.3 Å². The summed E-state index contributed by atoms with van der Waals surface area (Å²) in [6.07, 6.45) is 0.866. The number of hydrogen-bond acceptors (Lipinski definition) is 3. The number of benzene rings is 2. The number of halogens is 1. The van der Waals surface area contributed by atoms with Gasteiger partial charge in [-0.05, 0) is 24.0 Å². The molecule has 2 aromatic rings. The Morgan fingerprint density at radius 3 is 2.45 bits per heavy atom. The van der Waals surface area contributed by atoms with Crippen LogP contribution in [-0.2, 0) is 12.8 Å². The minimum atomic E-state index is -0.791. The molecule has 0 bridgehead atoms. The second-order valence-corrected chi connectivity index (χ2v) is 4.66. The van der Waals surface area contributed by atoms with Gasteiger partial charge < -0.3 is 5.73 Å². The lowest BCUT2D eigenvalue weighted by molar-refractivity contribution is -0.387. The maximum atomic E-state index is 13.9. The normalized spacial score (nSPS) is 12.1. The molecule has 0 saturated carbocycles. The summed E-state index contributed by atoms with van der Waals surface area (Å²) in [4.78, 5) is 9.96. The van der Waals surface area contributed by atoms with Crippen LogP contribution < -0.4 is 5.73 Å². The van der Waals surface area contributed by atoms with Crippen LogP contribution in [-0.4, -0.2) is 11.0 Å². The standard InChI is InChI=1S/C15H15FN2O2/c16-15-12(7-4-8-14(15)18(19)20)10-13(17)9-11-5-2-1-3-6-11/h1-8,13H,9-10,17H2. The van der Waals surface area contributed by atoms with Gasteiger partial charge in [-0.3, -0.25) is 10.1 Å². The SMILES string of the molecule is NC(Cc1ccccc1)Cc1cccc([N+](=O)[O-])c1F. The van der Waals surface area contributed by atoms with E-state index in [0.717, 1.165) is 11.6 Å². The topological polar surface area (TPSA) is 69.2 Å². The van der Waals surface area contributed by atoms with E-state index in [1.165, 1.54) is 12.1 Å². The van der Waals surface area contributed by atoms with E-state index in [4.69, 9.17) is 5.73 Å². The minimum absolute atomic E-state index is 0.266. The van der Waals surface area contributed by atoms with Gasteiger partial charge in [0.25, 0.3) is 0 Å². The molecule has 0 fully saturated rings. The molecule has 2 rings (SSSR count). The van der Waals surface area contributed by atoms with Gasteiger partial charge in [0.1, 0.15) is 0 Å². The molecule has 2 aromatic carbocycles. The van der Waals surface area contributed by atoms with E-state index >= 15 is 0 Å². The highest BCUT2D eigenvalue weighted by Crippen LogP contribution is 2.21. The minimum Gasteiger partial charge on any atom is -0.327 e. The number of nitro groups is 1. The summed E-state index contributed by atoms with van der Waals surface area (Å²) in [7, 11) is 0. The summed E-state index contributed by atoms with van der Waals surface area (Å²) in [6, 6.07) is 13.5. The van der Waals surface area contributed by atoms with E-state index in [9.17, 15) is 14.5 Å². The molecule has 4 nitrogen and oxygen atoms in total. The maximum absolute atomic E-state index is 13.9. The van der Waals surface area contributed by atoms with Crippen molar-refractivity contribution in [3.63, 3.8) is 0 Å². The Labute approximate surface area is 116 Å². The van der Waals surface area contributed by atoms with Gasteiger partial charge in [-0.25, -0.2) is 0 Å². The van der Waals surface area contributed by atoms with Crippen LogP contribution in [0.3, 0.4) is 0 Å². The molecule has 0 radical (unpaired) electrons. The molecule has 0 aliphatic rings. The number of nitro benzene ring substituents is 1. The summed E-state index contributed by atoms with van der Waals surface area (Å²) in [6.45, 7) is 0.